The maximum absolute atomic E-state index is 13.5. The summed E-state index contributed by atoms with van der Waals surface area (Å²) in [5.74, 6) is 0.470. The number of anilines is 1. The van der Waals surface area contributed by atoms with Crippen LogP contribution in [-0.2, 0) is 6.54 Å². The molecule has 0 aliphatic carbocycles. The zero-order chi connectivity index (χ0) is 20.4. The van der Waals surface area contributed by atoms with Crippen molar-refractivity contribution in [2.24, 2.45) is 0 Å². The topological polar surface area (TPSA) is 82.5 Å². The standard InChI is InChI=1S/C22H26N4O3/c1-29-20-8-4-3-7-19(20)26-21(27)17-15-16(23)9-10-18(17)25(22(26)28)14-13-24-11-5-2-6-12-24/h3-4,7-10,15H,2,5-6,11-14,23H2,1H3. The molecule has 7 heteroatoms. The van der Waals surface area contributed by atoms with Crippen LogP contribution in [0.25, 0.3) is 16.6 Å². The highest BCUT2D eigenvalue weighted by atomic mass is 16.5. The quantitative estimate of drug-likeness (QED) is 0.671. The Morgan fingerprint density at radius 1 is 1.00 bits per heavy atom. The number of para-hydroxylation sites is 2. The van der Waals surface area contributed by atoms with Gasteiger partial charge in [-0.05, 0) is 56.3 Å². The fourth-order valence-electron chi connectivity index (χ4n) is 4.06. The normalized spacial score (nSPS) is 14.9. The Bertz CT molecular complexity index is 1140. The summed E-state index contributed by atoms with van der Waals surface area (Å²) in [6.07, 6.45) is 3.64. The fraction of sp³-hybridized carbons (Fsp3) is 0.364. The number of nitrogen functional groups attached to an aromatic ring is 1. The number of ether oxygens (including phenoxy) is 1. The van der Waals surface area contributed by atoms with Crippen LogP contribution in [0.2, 0.25) is 0 Å². The van der Waals surface area contributed by atoms with Crippen LogP contribution >= 0.6 is 0 Å². The van der Waals surface area contributed by atoms with Crippen molar-refractivity contribution in [3.63, 3.8) is 0 Å². The lowest BCUT2D eigenvalue weighted by atomic mass is 10.1. The smallest absolute Gasteiger partial charge is 0.336 e. The lowest BCUT2D eigenvalue weighted by Gasteiger charge is -2.27. The van der Waals surface area contributed by atoms with Gasteiger partial charge in [0.2, 0.25) is 0 Å². The molecular weight excluding hydrogens is 368 g/mol. The highest BCUT2D eigenvalue weighted by Crippen LogP contribution is 2.21. The minimum atomic E-state index is -0.393. The summed E-state index contributed by atoms with van der Waals surface area (Å²) in [4.78, 5) is 29.1. The second kappa shape index (κ2) is 8.13. The Morgan fingerprint density at radius 3 is 2.52 bits per heavy atom. The highest BCUT2D eigenvalue weighted by Gasteiger charge is 2.18. The molecule has 1 fully saturated rings. The van der Waals surface area contributed by atoms with Gasteiger partial charge in [-0.25, -0.2) is 9.36 Å². The molecule has 3 aromatic rings. The van der Waals surface area contributed by atoms with E-state index in [1.54, 1.807) is 47.0 Å². The Kier molecular flexibility index (Phi) is 5.40. The Hall–Kier alpha value is -3.06. The number of likely N-dealkylation sites (tertiary alicyclic amines) is 1. The number of piperidine rings is 1. The van der Waals surface area contributed by atoms with Gasteiger partial charge < -0.3 is 15.4 Å². The third kappa shape index (κ3) is 3.65. The number of nitrogens with two attached hydrogens (primary N) is 1. The van der Waals surface area contributed by atoms with E-state index >= 15 is 0 Å². The minimum Gasteiger partial charge on any atom is -0.495 e. The third-order valence-electron chi connectivity index (χ3n) is 5.58. The number of hydrogen-bond acceptors (Lipinski definition) is 5. The number of nitrogens with zero attached hydrogens (tertiary/aromatic N) is 3. The van der Waals surface area contributed by atoms with Crippen molar-refractivity contribution in [2.75, 3.05) is 32.5 Å². The number of aromatic nitrogens is 2. The first-order valence-corrected chi connectivity index (χ1v) is 10.0. The van der Waals surface area contributed by atoms with Crippen LogP contribution in [0.4, 0.5) is 5.69 Å². The van der Waals surface area contributed by atoms with Crippen molar-refractivity contribution in [2.45, 2.75) is 25.8 Å². The molecule has 0 saturated carbocycles. The van der Waals surface area contributed by atoms with Crippen LogP contribution < -0.4 is 21.7 Å². The molecule has 2 heterocycles. The van der Waals surface area contributed by atoms with Gasteiger partial charge in [0, 0.05) is 18.8 Å². The van der Waals surface area contributed by atoms with Crippen molar-refractivity contribution in [1.29, 1.82) is 0 Å². The van der Waals surface area contributed by atoms with Crippen molar-refractivity contribution in [3.05, 3.63) is 63.3 Å². The Labute approximate surface area is 168 Å². The number of fused-ring (bicyclic) bond motifs is 1. The minimum absolute atomic E-state index is 0.367. The van der Waals surface area contributed by atoms with E-state index in [9.17, 15) is 9.59 Å². The predicted molar refractivity (Wildman–Crippen MR) is 115 cm³/mol. The molecule has 1 saturated heterocycles. The van der Waals surface area contributed by atoms with Crippen LogP contribution in [0, 0.1) is 0 Å². The predicted octanol–water partition coefficient (Wildman–Crippen LogP) is 2.23. The molecule has 7 nitrogen and oxygen atoms in total. The van der Waals surface area contributed by atoms with Gasteiger partial charge in [-0.1, -0.05) is 18.6 Å². The monoisotopic (exact) mass is 394 g/mol. The second-order valence-electron chi connectivity index (χ2n) is 7.43. The van der Waals surface area contributed by atoms with Crippen LogP contribution in [-0.4, -0.2) is 40.8 Å². The summed E-state index contributed by atoms with van der Waals surface area (Å²) in [5.41, 5.74) is 6.72. The van der Waals surface area contributed by atoms with Gasteiger partial charge in [-0.15, -0.1) is 0 Å². The van der Waals surface area contributed by atoms with Crippen LogP contribution in [0.5, 0.6) is 5.75 Å². The number of hydrogen-bond donors (Lipinski definition) is 1. The van der Waals surface area contributed by atoms with Gasteiger partial charge in [0.05, 0.1) is 23.7 Å². The zero-order valence-electron chi connectivity index (χ0n) is 16.6. The summed E-state index contributed by atoms with van der Waals surface area (Å²) in [7, 11) is 1.53. The van der Waals surface area contributed by atoms with Gasteiger partial charge in [0.25, 0.3) is 5.56 Å². The molecular formula is C22H26N4O3. The summed E-state index contributed by atoms with van der Waals surface area (Å²) >= 11 is 0. The molecule has 1 aromatic heterocycles. The largest absolute Gasteiger partial charge is 0.495 e. The molecule has 1 aliphatic heterocycles. The number of methoxy groups -OCH3 is 1. The molecule has 1 aliphatic rings. The molecule has 152 valence electrons. The SMILES string of the molecule is COc1ccccc1-n1c(=O)c2cc(N)ccc2n(CCN2CCCCC2)c1=O. The Morgan fingerprint density at radius 2 is 1.76 bits per heavy atom. The first-order valence-electron chi connectivity index (χ1n) is 10.0. The first kappa shape index (κ1) is 19.3. The van der Waals surface area contributed by atoms with Gasteiger partial charge >= 0.3 is 5.69 Å². The Balaban J connectivity index is 1.89. The van der Waals surface area contributed by atoms with Crippen molar-refractivity contribution in [1.82, 2.24) is 14.0 Å². The van der Waals surface area contributed by atoms with Gasteiger partial charge in [0.15, 0.2) is 0 Å². The summed E-state index contributed by atoms with van der Waals surface area (Å²) in [6, 6.07) is 12.2. The van der Waals surface area contributed by atoms with Crippen molar-refractivity contribution >= 4 is 16.6 Å². The van der Waals surface area contributed by atoms with E-state index < -0.39 is 5.56 Å². The maximum atomic E-state index is 13.5. The molecule has 2 N–H and O–H groups in total. The lowest BCUT2D eigenvalue weighted by molar-refractivity contribution is 0.220. The van der Waals surface area contributed by atoms with E-state index in [-0.39, 0.29) is 5.69 Å². The van der Waals surface area contributed by atoms with E-state index in [0.29, 0.717) is 34.6 Å². The zero-order valence-corrected chi connectivity index (χ0v) is 16.6. The molecule has 2 aromatic carbocycles. The van der Waals surface area contributed by atoms with Crippen molar-refractivity contribution < 1.29 is 4.74 Å². The van der Waals surface area contributed by atoms with Gasteiger partial charge in [-0.3, -0.25) is 9.36 Å². The van der Waals surface area contributed by atoms with Crippen LogP contribution in [0.3, 0.4) is 0 Å². The third-order valence-corrected chi connectivity index (χ3v) is 5.58. The first-order chi connectivity index (χ1) is 14.1. The lowest BCUT2D eigenvalue weighted by Crippen LogP contribution is -2.41. The molecule has 0 bridgehead atoms. The van der Waals surface area contributed by atoms with E-state index in [1.807, 2.05) is 0 Å². The average molecular weight is 394 g/mol. The average Bonchev–Trinajstić information content (AvgIpc) is 2.75. The van der Waals surface area contributed by atoms with Crippen LogP contribution in [0.15, 0.2) is 52.1 Å². The summed E-state index contributed by atoms with van der Waals surface area (Å²) < 4.78 is 8.27. The van der Waals surface area contributed by atoms with E-state index in [1.165, 1.54) is 30.9 Å². The van der Waals surface area contributed by atoms with Crippen LogP contribution in [0.1, 0.15) is 19.3 Å². The van der Waals surface area contributed by atoms with Gasteiger partial charge in [0.1, 0.15) is 5.75 Å². The highest BCUT2D eigenvalue weighted by molar-refractivity contribution is 5.82. The molecule has 29 heavy (non-hydrogen) atoms. The van der Waals surface area contributed by atoms with Gasteiger partial charge in [-0.2, -0.15) is 0 Å². The number of rotatable bonds is 5. The fourth-order valence-corrected chi connectivity index (χ4v) is 4.06. The van der Waals surface area contributed by atoms with E-state index in [4.69, 9.17) is 10.5 Å². The molecule has 0 atom stereocenters. The maximum Gasteiger partial charge on any atom is 0.336 e. The summed E-state index contributed by atoms with van der Waals surface area (Å²) in [5, 5.41) is 0.425. The number of benzene rings is 2. The molecule has 0 amide bonds. The molecule has 0 radical (unpaired) electrons. The second-order valence-corrected chi connectivity index (χ2v) is 7.43. The molecule has 4 rings (SSSR count). The summed E-state index contributed by atoms with van der Waals surface area (Å²) in [6.45, 7) is 3.37. The molecule has 0 spiro atoms. The molecule has 0 unspecified atom stereocenters. The van der Waals surface area contributed by atoms with E-state index in [2.05, 4.69) is 4.90 Å². The van der Waals surface area contributed by atoms with Crippen molar-refractivity contribution in [3.8, 4) is 11.4 Å². The van der Waals surface area contributed by atoms with E-state index in [0.717, 1.165) is 19.6 Å².